The van der Waals surface area contributed by atoms with Crippen molar-refractivity contribution in [2.24, 2.45) is 5.41 Å². The summed E-state index contributed by atoms with van der Waals surface area (Å²) in [6, 6.07) is 0.0604. The summed E-state index contributed by atoms with van der Waals surface area (Å²) in [6.07, 6.45) is 1.69. The topological polar surface area (TPSA) is 95.5 Å². The molecule has 1 aliphatic carbocycles. The molecule has 6 nitrogen and oxygen atoms in total. The van der Waals surface area contributed by atoms with Crippen LogP contribution in [-0.2, 0) is 14.4 Å². The highest BCUT2D eigenvalue weighted by molar-refractivity contribution is 6.02. The smallest absolute Gasteiger partial charge is 0.319 e. The zero-order valence-electron chi connectivity index (χ0n) is 10.8. The molecular formula is C12H20N2O4. The number of hydrogen-bond acceptors (Lipinski definition) is 3. The second kappa shape index (κ2) is 5.84. The van der Waals surface area contributed by atoms with Gasteiger partial charge in [-0.3, -0.25) is 14.4 Å². The molecule has 1 fully saturated rings. The van der Waals surface area contributed by atoms with Crippen molar-refractivity contribution < 1.29 is 19.5 Å². The number of aliphatic carboxylic acids is 1. The Hall–Kier alpha value is -1.59. The first-order chi connectivity index (χ1) is 8.38. The van der Waals surface area contributed by atoms with Crippen LogP contribution in [0.25, 0.3) is 0 Å². The molecule has 0 radical (unpaired) electrons. The van der Waals surface area contributed by atoms with Crippen LogP contribution in [0.2, 0.25) is 0 Å². The minimum Gasteiger partial charge on any atom is -0.480 e. The highest BCUT2D eigenvalue weighted by Gasteiger charge is 2.50. The van der Waals surface area contributed by atoms with E-state index in [-0.39, 0.29) is 24.9 Å². The van der Waals surface area contributed by atoms with E-state index in [0.717, 1.165) is 6.42 Å². The van der Waals surface area contributed by atoms with Crippen molar-refractivity contribution in [1.29, 1.82) is 0 Å². The van der Waals surface area contributed by atoms with E-state index in [2.05, 4.69) is 10.6 Å². The number of nitrogens with one attached hydrogen (secondary N) is 2. The lowest BCUT2D eigenvalue weighted by Gasteiger charge is -2.35. The average Bonchev–Trinajstić information content (AvgIpc) is 2.13. The van der Waals surface area contributed by atoms with Gasteiger partial charge in [0.05, 0.1) is 0 Å². The summed E-state index contributed by atoms with van der Waals surface area (Å²) in [5.41, 5.74) is -1.26. The Morgan fingerprint density at radius 3 is 2.28 bits per heavy atom. The van der Waals surface area contributed by atoms with Gasteiger partial charge in [0.25, 0.3) is 0 Å². The molecule has 102 valence electrons. The van der Waals surface area contributed by atoms with Crippen LogP contribution in [0.1, 0.15) is 39.5 Å². The first-order valence-electron chi connectivity index (χ1n) is 6.19. The Labute approximate surface area is 106 Å². The fourth-order valence-corrected chi connectivity index (χ4v) is 1.92. The van der Waals surface area contributed by atoms with Gasteiger partial charge in [0.2, 0.25) is 11.8 Å². The predicted octanol–water partition coefficient (Wildman–Crippen LogP) is 0.272. The Morgan fingerprint density at radius 2 is 1.89 bits per heavy atom. The summed E-state index contributed by atoms with van der Waals surface area (Å²) in [5, 5.41) is 14.3. The maximum absolute atomic E-state index is 11.8. The number of carboxylic acid groups (broad SMARTS) is 1. The van der Waals surface area contributed by atoms with E-state index in [1.165, 1.54) is 0 Å². The number of carbonyl (C=O) groups excluding carboxylic acids is 2. The molecule has 0 spiro atoms. The fourth-order valence-electron chi connectivity index (χ4n) is 1.92. The number of carbonyl (C=O) groups is 3. The zero-order valence-corrected chi connectivity index (χ0v) is 10.8. The lowest BCUT2D eigenvalue weighted by Crippen LogP contribution is -2.51. The normalized spacial score (nSPS) is 16.8. The number of hydrogen-bond donors (Lipinski definition) is 3. The van der Waals surface area contributed by atoms with Crippen LogP contribution in [0.4, 0.5) is 0 Å². The predicted molar refractivity (Wildman–Crippen MR) is 64.8 cm³/mol. The van der Waals surface area contributed by atoms with Crippen LogP contribution < -0.4 is 10.6 Å². The standard InChI is InChI=1S/C12H20N2O4/c1-8(2)14-9(15)4-7-13-10(16)12(11(17)18)5-3-6-12/h8H,3-7H2,1-2H3,(H,13,16)(H,14,15)(H,17,18). The van der Waals surface area contributed by atoms with E-state index in [9.17, 15) is 14.4 Å². The first-order valence-corrected chi connectivity index (χ1v) is 6.19. The summed E-state index contributed by atoms with van der Waals surface area (Å²) >= 11 is 0. The van der Waals surface area contributed by atoms with Gasteiger partial charge in [-0.1, -0.05) is 6.42 Å². The van der Waals surface area contributed by atoms with Gasteiger partial charge in [-0.2, -0.15) is 0 Å². The summed E-state index contributed by atoms with van der Waals surface area (Å²) in [7, 11) is 0. The van der Waals surface area contributed by atoms with Crippen LogP contribution in [0.3, 0.4) is 0 Å². The van der Waals surface area contributed by atoms with Crippen LogP contribution in [0.15, 0.2) is 0 Å². The van der Waals surface area contributed by atoms with Gasteiger partial charge in [-0.05, 0) is 26.7 Å². The molecule has 0 saturated heterocycles. The van der Waals surface area contributed by atoms with E-state index in [1.54, 1.807) is 0 Å². The van der Waals surface area contributed by atoms with Gasteiger partial charge in [-0.15, -0.1) is 0 Å². The van der Waals surface area contributed by atoms with Gasteiger partial charge in [-0.25, -0.2) is 0 Å². The van der Waals surface area contributed by atoms with Crippen molar-refractivity contribution in [2.75, 3.05) is 6.54 Å². The monoisotopic (exact) mass is 256 g/mol. The molecule has 0 aliphatic heterocycles. The molecule has 0 aromatic heterocycles. The molecule has 0 unspecified atom stereocenters. The lowest BCUT2D eigenvalue weighted by atomic mass is 9.68. The maximum Gasteiger partial charge on any atom is 0.319 e. The minimum atomic E-state index is -1.26. The molecule has 1 aliphatic rings. The van der Waals surface area contributed by atoms with Gasteiger partial charge in [0.1, 0.15) is 5.41 Å². The van der Waals surface area contributed by atoms with Crippen molar-refractivity contribution >= 4 is 17.8 Å². The van der Waals surface area contributed by atoms with E-state index >= 15 is 0 Å². The molecule has 1 rings (SSSR count). The number of carboxylic acids is 1. The second-order valence-electron chi connectivity index (χ2n) is 4.97. The summed E-state index contributed by atoms with van der Waals surface area (Å²) in [4.78, 5) is 34.1. The maximum atomic E-state index is 11.8. The highest BCUT2D eigenvalue weighted by atomic mass is 16.4. The van der Waals surface area contributed by atoms with Crippen molar-refractivity contribution in [3.05, 3.63) is 0 Å². The van der Waals surface area contributed by atoms with Gasteiger partial charge < -0.3 is 15.7 Å². The second-order valence-corrected chi connectivity index (χ2v) is 4.97. The van der Waals surface area contributed by atoms with Crippen LogP contribution in [-0.4, -0.2) is 35.5 Å². The van der Waals surface area contributed by atoms with Crippen molar-refractivity contribution in [3.8, 4) is 0 Å². The molecule has 0 atom stereocenters. The quantitative estimate of drug-likeness (QED) is 0.594. The molecule has 2 amide bonds. The molecule has 0 aromatic carbocycles. The first kappa shape index (κ1) is 14.5. The van der Waals surface area contributed by atoms with E-state index in [1.807, 2.05) is 13.8 Å². The fraction of sp³-hybridized carbons (Fsp3) is 0.750. The Balaban J connectivity index is 2.33. The molecule has 3 N–H and O–H groups in total. The molecule has 18 heavy (non-hydrogen) atoms. The third-order valence-electron chi connectivity index (χ3n) is 3.14. The van der Waals surface area contributed by atoms with Gasteiger partial charge in [0.15, 0.2) is 0 Å². The third kappa shape index (κ3) is 3.21. The minimum absolute atomic E-state index is 0.0604. The van der Waals surface area contributed by atoms with Crippen LogP contribution in [0.5, 0.6) is 0 Å². The van der Waals surface area contributed by atoms with E-state index in [0.29, 0.717) is 12.8 Å². The van der Waals surface area contributed by atoms with Crippen molar-refractivity contribution in [1.82, 2.24) is 10.6 Å². The van der Waals surface area contributed by atoms with Crippen LogP contribution >= 0.6 is 0 Å². The summed E-state index contributed by atoms with van der Waals surface area (Å²) in [6.45, 7) is 3.88. The van der Waals surface area contributed by atoms with Crippen molar-refractivity contribution in [3.63, 3.8) is 0 Å². The van der Waals surface area contributed by atoms with Gasteiger partial charge in [0, 0.05) is 19.0 Å². The van der Waals surface area contributed by atoms with E-state index < -0.39 is 17.3 Å². The van der Waals surface area contributed by atoms with Gasteiger partial charge >= 0.3 is 5.97 Å². The molecule has 1 saturated carbocycles. The number of amides is 2. The molecule has 0 bridgehead atoms. The Kier molecular flexibility index (Phi) is 4.69. The molecule has 6 heteroatoms. The SMILES string of the molecule is CC(C)NC(=O)CCNC(=O)C1(C(=O)O)CCC1. The lowest BCUT2D eigenvalue weighted by molar-refractivity contribution is -0.162. The molecule has 0 aromatic rings. The summed E-state index contributed by atoms with van der Waals surface area (Å²) < 4.78 is 0. The van der Waals surface area contributed by atoms with E-state index in [4.69, 9.17) is 5.11 Å². The molecular weight excluding hydrogens is 236 g/mol. The summed E-state index contributed by atoms with van der Waals surface area (Å²) in [5.74, 6) is -1.69. The van der Waals surface area contributed by atoms with Crippen LogP contribution in [0, 0.1) is 5.41 Å². The Morgan fingerprint density at radius 1 is 1.28 bits per heavy atom. The largest absolute Gasteiger partial charge is 0.480 e. The number of rotatable bonds is 6. The average molecular weight is 256 g/mol. The van der Waals surface area contributed by atoms with Crippen molar-refractivity contribution in [2.45, 2.75) is 45.6 Å². The third-order valence-corrected chi connectivity index (χ3v) is 3.14. The zero-order chi connectivity index (χ0) is 13.8. The highest BCUT2D eigenvalue weighted by Crippen LogP contribution is 2.41. The molecule has 0 heterocycles. The Bertz CT molecular complexity index is 348.